The molecule has 0 bridgehead atoms. The maximum atomic E-state index is 9.83. The van der Waals surface area contributed by atoms with E-state index in [0.717, 1.165) is 0 Å². The summed E-state index contributed by atoms with van der Waals surface area (Å²) in [6.45, 7) is 0. The fourth-order valence-corrected chi connectivity index (χ4v) is 0. The molecule has 0 aliphatic carbocycles. The summed E-state index contributed by atoms with van der Waals surface area (Å²) in [4.78, 5) is 18.2. The van der Waals surface area contributed by atoms with Gasteiger partial charge < -0.3 is 10.2 Å². The molecular formula is C2H2F4LiO4Si. The first-order chi connectivity index (χ1) is 4.64. The van der Waals surface area contributed by atoms with Crippen molar-refractivity contribution >= 4 is 40.2 Å². The van der Waals surface area contributed by atoms with E-state index in [4.69, 9.17) is 19.8 Å². The number of hydrogen-bond acceptors (Lipinski definition) is 2. The van der Waals surface area contributed by atoms with Crippen LogP contribution < -0.4 is 0 Å². The third-order valence-corrected chi connectivity index (χ3v) is 0.183. The number of carboxylic acid groups (broad SMARTS) is 2. The fourth-order valence-electron chi connectivity index (χ4n) is 0. The molecule has 0 atom stereocenters. The smallest absolute Gasteiger partial charge is 0.473 e. The molecule has 0 aromatic heterocycles. The number of rotatable bonds is 0. The van der Waals surface area contributed by atoms with Crippen molar-refractivity contribution < 1.29 is 36.2 Å². The maximum Gasteiger partial charge on any atom is 0.844 e. The molecule has 67 valence electrons. The second-order valence-corrected chi connectivity index (χ2v) is 1.90. The van der Waals surface area contributed by atoms with Crippen LogP contribution in [-0.4, -0.2) is 50.4 Å². The second-order valence-electron chi connectivity index (χ2n) is 1.04. The van der Waals surface area contributed by atoms with Crippen molar-refractivity contribution in [1.29, 1.82) is 0 Å². The Balaban J connectivity index is -0.000000126. The van der Waals surface area contributed by atoms with Gasteiger partial charge in [-0.05, 0) is 0 Å². The van der Waals surface area contributed by atoms with Crippen LogP contribution in [-0.2, 0) is 9.59 Å². The SMILES string of the molecule is F[Si](F)(F)F.O=C(O)C(=O)O.[Li]. The molecule has 4 nitrogen and oxygen atoms in total. The monoisotopic (exact) mass is 201 g/mol. The van der Waals surface area contributed by atoms with Gasteiger partial charge in [-0.2, -0.15) is 0 Å². The third-order valence-electron chi connectivity index (χ3n) is 0.183. The molecule has 0 aliphatic heterocycles. The van der Waals surface area contributed by atoms with Gasteiger partial charge in [0, 0.05) is 18.9 Å². The Bertz CT molecular complexity index is 140. The van der Waals surface area contributed by atoms with Crippen LogP contribution >= 0.6 is 0 Å². The summed E-state index contributed by atoms with van der Waals surface area (Å²) < 4.78 is 39.3. The summed E-state index contributed by atoms with van der Waals surface area (Å²) in [5, 5.41) is 14.8. The van der Waals surface area contributed by atoms with Crippen LogP contribution in [0.3, 0.4) is 0 Å². The van der Waals surface area contributed by atoms with Gasteiger partial charge in [0.2, 0.25) is 0 Å². The molecule has 0 heterocycles. The first-order valence-corrected chi connectivity index (χ1v) is 3.37. The average Bonchev–Trinajstić information content (AvgIpc) is 1.59. The normalized spacial score (nSPS) is 8.67. The maximum absolute atomic E-state index is 9.83. The summed E-state index contributed by atoms with van der Waals surface area (Å²) in [6, 6.07) is 0. The van der Waals surface area contributed by atoms with Crippen molar-refractivity contribution in [3.63, 3.8) is 0 Å². The van der Waals surface area contributed by atoms with Crippen molar-refractivity contribution in [2.45, 2.75) is 0 Å². The molecule has 0 spiro atoms. The van der Waals surface area contributed by atoms with Gasteiger partial charge in [0.05, 0.1) is 0 Å². The Morgan fingerprint density at radius 1 is 0.917 bits per heavy atom. The van der Waals surface area contributed by atoms with Gasteiger partial charge in [0.15, 0.2) is 0 Å². The molecule has 0 saturated carbocycles. The van der Waals surface area contributed by atoms with Crippen molar-refractivity contribution in [3.05, 3.63) is 0 Å². The summed E-state index contributed by atoms with van der Waals surface area (Å²) in [5.41, 5.74) is 0. The zero-order valence-electron chi connectivity index (χ0n) is 5.72. The van der Waals surface area contributed by atoms with Gasteiger partial charge in [0.25, 0.3) is 0 Å². The molecule has 0 fully saturated rings. The summed E-state index contributed by atoms with van der Waals surface area (Å²) in [5.74, 6) is -3.65. The van der Waals surface area contributed by atoms with Gasteiger partial charge in [-0.15, -0.1) is 0 Å². The summed E-state index contributed by atoms with van der Waals surface area (Å²) in [6.07, 6.45) is 0. The molecule has 0 aliphatic rings. The Morgan fingerprint density at radius 3 is 1.00 bits per heavy atom. The zero-order chi connectivity index (χ0) is 9.65. The standard InChI is InChI=1S/C2H2O4.F4Si.Li/c3-1(4)2(5)6;1-5(2,3)4;/h(H,3,4)(H,5,6);;. The Morgan fingerprint density at radius 2 is 1.00 bits per heavy atom. The van der Waals surface area contributed by atoms with Crippen LogP contribution in [0.1, 0.15) is 0 Å². The Labute approximate surface area is 77.1 Å². The minimum Gasteiger partial charge on any atom is -0.473 e. The molecule has 0 unspecified atom stereocenters. The van der Waals surface area contributed by atoms with E-state index in [0.29, 0.717) is 0 Å². The van der Waals surface area contributed by atoms with Crippen LogP contribution in [0, 0.1) is 0 Å². The number of hydrogen-bond donors (Lipinski definition) is 2. The van der Waals surface area contributed by atoms with E-state index < -0.39 is 21.3 Å². The van der Waals surface area contributed by atoms with Crippen LogP contribution in [0.15, 0.2) is 0 Å². The quantitative estimate of drug-likeness (QED) is 0.252. The van der Waals surface area contributed by atoms with E-state index in [1.54, 1.807) is 0 Å². The van der Waals surface area contributed by atoms with E-state index in [9.17, 15) is 16.4 Å². The number of halogens is 4. The molecule has 0 aromatic rings. The molecule has 12 heavy (non-hydrogen) atoms. The predicted molar refractivity (Wildman–Crippen MR) is 31.2 cm³/mol. The minimum absolute atomic E-state index is 0. The molecule has 2 N–H and O–H groups in total. The Kier molecular flexibility index (Phi) is 10.4. The van der Waals surface area contributed by atoms with E-state index >= 15 is 0 Å². The van der Waals surface area contributed by atoms with E-state index in [1.165, 1.54) is 0 Å². The fraction of sp³-hybridized carbons (Fsp3) is 0. The topological polar surface area (TPSA) is 74.6 Å². The molecule has 1 radical (unpaired) electrons. The average molecular weight is 201 g/mol. The first-order valence-electron chi connectivity index (χ1n) is 1.86. The van der Waals surface area contributed by atoms with Crippen molar-refractivity contribution in [3.8, 4) is 0 Å². The van der Waals surface area contributed by atoms with Gasteiger partial charge in [0.1, 0.15) is 0 Å². The van der Waals surface area contributed by atoms with Crippen molar-refractivity contribution in [2.24, 2.45) is 0 Å². The molecular weight excluding hydrogens is 199 g/mol. The van der Waals surface area contributed by atoms with Gasteiger partial charge in [-0.1, -0.05) is 0 Å². The second kappa shape index (κ2) is 7.14. The Hall–Kier alpha value is -0.526. The number of aliphatic carboxylic acids is 2. The van der Waals surface area contributed by atoms with Gasteiger partial charge in [-0.25, -0.2) is 26.0 Å². The predicted octanol–water partition coefficient (Wildman–Crippen LogP) is 0.0748. The molecule has 0 rings (SSSR count). The first kappa shape index (κ1) is 17.5. The van der Waals surface area contributed by atoms with Gasteiger partial charge >= 0.3 is 21.3 Å². The molecule has 0 saturated heterocycles. The summed E-state index contributed by atoms with van der Waals surface area (Å²) >= 11 is 0. The molecule has 0 aromatic carbocycles. The zero-order valence-corrected chi connectivity index (χ0v) is 6.72. The van der Waals surface area contributed by atoms with E-state index in [2.05, 4.69) is 0 Å². The van der Waals surface area contributed by atoms with Crippen molar-refractivity contribution in [1.82, 2.24) is 0 Å². The third kappa shape index (κ3) is 56.4. The van der Waals surface area contributed by atoms with Crippen LogP contribution in [0.2, 0.25) is 0 Å². The largest absolute Gasteiger partial charge is 0.844 e. The van der Waals surface area contributed by atoms with Crippen LogP contribution in [0.5, 0.6) is 0 Å². The van der Waals surface area contributed by atoms with Crippen molar-refractivity contribution in [2.75, 3.05) is 0 Å². The van der Waals surface area contributed by atoms with E-state index in [-0.39, 0.29) is 18.9 Å². The number of carbonyl (C=O) groups is 2. The molecule has 0 amide bonds. The molecule has 10 heteroatoms. The van der Waals surface area contributed by atoms with Gasteiger partial charge in [-0.3, -0.25) is 0 Å². The number of carboxylic acids is 2. The van der Waals surface area contributed by atoms with Crippen LogP contribution in [0.25, 0.3) is 0 Å². The van der Waals surface area contributed by atoms with E-state index in [1.807, 2.05) is 0 Å². The van der Waals surface area contributed by atoms with Crippen LogP contribution in [0.4, 0.5) is 16.4 Å². The summed E-state index contributed by atoms with van der Waals surface area (Å²) in [7, 11) is -6.61. The minimum atomic E-state index is -6.61.